The maximum Gasteiger partial charge on any atom is 0.175 e. The standard InChI is InChI=1S/C19H21NO2S/c1-3-12-20-13-11-15-7-4-5-10-18(15)19(20)16-8-6-9-17(14-16)23(2,21)22/h3-10,12,14,19H,11,13H2,1-2H3. The molecule has 3 rings (SSSR count). The second kappa shape index (κ2) is 6.20. The van der Waals surface area contributed by atoms with E-state index >= 15 is 0 Å². The van der Waals surface area contributed by atoms with Crippen LogP contribution in [0.1, 0.15) is 29.7 Å². The van der Waals surface area contributed by atoms with Crippen LogP contribution in [-0.2, 0) is 16.3 Å². The first kappa shape index (κ1) is 15.8. The molecule has 1 atom stereocenters. The van der Waals surface area contributed by atoms with Crippen LogP contribution in [-0.4, -0.2) is 26.1 Å². The molecule has 0 N–H and O–H groups in total. The molecule has 120 valence electrons. The van der Waals surface area contributed by atoms with Gasteiger partial charge in [-0.05, 0) is 48.4 Å². The molecule has 1 aliphatic heterocycles. The Bertz CT molecular complexity index is 840. The van der Waals surface area contributed by atoms with Gasteiger partial charge in [0.2, 0.25) is 0 Å². The highest BCUT2D eigenvalue weighted by molar-refractivity contribution is 7.90. The third-order valence-electron chi connectivity index (χ3n) is 4.26. The molecule has 0 bridgehead atoms. The van der Waals surface area contributed by atoms with E-state index in [4.69, 9.17) is 0 Å². The fourth-order valence-electron chi connectivity index (χ4n) is 3.22. The molecular formula is C19H21NO2S. The van der Waals surface area contributed by atoms with Crippen molar-refractivity contribution in [1.82, 2.24) is 4.90 Å². The molecule has 1 unspecified atom stereocenters. The summed E-state index contributed by atoms with van der Waals surface area (Å²) >= 11 is 0. The second-order valence-electron chi connectivity index (χ2n) is 5.92. The lowest BCUT2D eigenvalue weighted by Crippen LogP contribution is -2.32. The van der Waals surface area contributed by atoms with Gasteiger partial charge in [0.25, 0.3) is 0 Å². The first-order valence-electron chi connectivity index (χ1n) is 7.77. The van der Waals surface area contributed by atoms with Crippen molar-refractivity contribution in [2.45, 2.75) is 24.3 Å². The second-order valence-corrected chi connectivity index (χ2v) is 7.93. The molecular weight excluding hydrogens is 306 g/mol. The number of nitrogens with zero attached hydrogens (tertiary/aromatic N) is 1. The van der Waals surface area contributed by atoms with Crippen molar-refractivity contribution >= 4 is 9.84 Å². The molecule has 0 fully saturated rings. The lowest BCUT2D eigenvalue weighted by molar-refractivity contribution is 0.300. The Morgan fingerprint density at radius 1 is 1.13 bits per heavy atom. The summed E-state index contributed by atoms with van der Waals surface area (Å²) in [5, 5.41) is 0. The predicted molar refractivity (Wildman–Crippen MR) is 93.1 cm³/mol. The normalized spacial score (nSPS) is 18.2. The molecule has 0 amide bonds. The van der Waals surface area contributed by atoms with Crippen LogP contribution in [0.15, 0.2) is 65.7 Å². The minimum atomic E-state index is -3.21. The minimum Gasteiger partial charge on any atom is -0.366 e. The maximum absolute atomic E-state index is 11.9. The smallest absolute Gasteiger partial charge is 0.175 e. The van der Waals surface area contributed by atoms with E-state index < -0.39 is 9.84 Å². The number of hydrogen-bond donors (Lipinski definition) is 0. The lowest BCUT2D eigenvalue weighted by Gasteiger charge is -2.37. The fourth-order valence-corrected chi connectivity index (χ4v) is 3.90. The molecule has 23 heavy (non-hydrogen) atoms. The Hall–Kier alpha value is -2.07. The highest BCUT2D eigenvalue weighted by Gasteiger charge is 2.27. The van der Waals surface area contributed by atoms with E-state index in [0.717, 1.165) is 18.5 Å². The van der Waals surface area contributed by atoms with E-state index in [-0.39, 0.29) is 6.04 Å². The van der Waals surface area contributed by atoms with Crippen molar-refractivity contribution in [3.63, 3.8) is 0 Å². The van der Waals surface area contributed by atoms with Gasteiger partial charge in [-0.25, -0.2) is 8.42 Å². The Balaban J connectivity index is 2.15. The molecule has 0 radical (unpaired) electrons. The van der Waals surface area contributed by atoms with E-state index in [1.807, 2.05) is 31.2 Å². The molecule has 0 aliphatic carbocycles. The van der Waals surface area contributed by atoms with Gasteiger partial charge in [-0.2, -0.15) is 0 Å². The van der Waals surface area contributed by atoms with Crippen LogP contribution < -0.4 is 0 Å². The first-order valence-corrected chi connectivity index (χ1v) is 9.66. The SMILES string of the molecule is CC=CN1CCc2ccccc2C1c1cccc(S(C)(=O)=O)c1. The van der Waals surface area contributed by atoms with Crippen LogP contribution in [0.4, 0.5) is 0 Å². The number of hydrogen-bond acceptors (Lipinski definition) is 3. The van der Waals surface area contributed by atoms with Crippen LogP contribution in [0.2, 0.25) is 0 Å². The van der Waals surface area contributed by atoms with Crippen molar-refractivity contribution < 1.29 is 8.42 Å². The maximum atomic E-state index is 11.9. The van der Waals surface area contributed by atoms with Crippen LogP contribution in [0, 0.1) is 0 Å². The Morgan fingerprint density at radius 2 is 1.91 bits per heavy atom. The van der Waals surface area contributed by atoms with Gasteiger partial charge in [0.15, 0.2) is 9.84 Å². The Labute approximate surface area is 138 Å². The van der Waals surface area contributed by atoms with E-state index in [1.54, 1.807) is 12.1 Å². The van der Waals surface area contributed by atoms with E-state index in [9.17, 15) is 8.42 Å². The summed E-state index contributed by atoms with van der Waals surface area (Å²) in [6, 6.07) is 15.8. The predicted octanol–water partition coefficient (Wildman–Crippen LogP) is 3.57. The van der Waals surface area contributed by atoms with Crippen molar-refractivity contribution in [1.29, 1.82) is 0 Å². The van der Waals surface area contributed by atoms with Crippen molar-refractivity contribution in [3.8, 4) is 0 Å². The molecule has 0 spiro atoms. The van der Waals surface area contributed by atoms with E-state index in [2.05, 4.69) is 29.3 Å². The molecule has 0 saturated heterocycles. The molecule has 2 aromatic rings. The summed E-state index contributed by atoms with van der Waals surface area (Å²) in [5.41, 5.74) is 3.60. The summed E-state index contributed by atoms with van der Waals surface area (Å²) in [6.07, 6.45) is 6.38. The molecule has 0 saturated carbocycles. The fraction of sp³-hybridized carbons (Fsp3) is 0.263. The van der Waals surface area contributed by atoms with Gasteiger partial charge in [0.1, 0.15) is 0 Å². The average molecular weight is 327 g/mol. The molecule has 2 aromatic carbocycles. The van der Waals surface area contributed by atoms with Crippen molar-refractivity contribution in [2.24, 2.45) is 0 Å². The largest absolute Gasteiger partial charge is 0.366 e. The monoisotopic (exact) mass is 327 g/mol. The van der Waals surface area contributed by atoms with Crippen LogP contribution in [0.25, 0.3) is 0 Å². The third-order valence-corrected chi connectivity index (χ3v) is 5.37. The van der Waals surface area contributed by atoms with Gasteiger partial charge >= 0.3 is 0 Å². The quantitative estimate of drug-likeness (QED) is 0.865. The summed E-state index contributed by atoms with van der Waals surface area (Å²) in [5.74, 6) is 0. The zero-order chi connectivity index (χ0) is 16.4. The van der Waals surface area contributed by atoms with Gasteiger partial charge in [-0.3, -0.25) is 0 Å². The van der Waals surface area contributed by atoms with E-state index in [1.165, 1.54) is 17.4 Å². The summed E-state index contributed by atoms with van der Waals surface area (Å²) in [6.45, 7) is 2.93. The highest BCUT2D eigenvalue weighted by atomic mass is 32.2. The van der Waals surface area contributed by atoms with Crippen molar-refractivity contribution in [3.05, 3.63) is 77.5 Å². The van der Waals surface area contributed by atoms with E-state index in [0.29, 0.717) is 4.90 Å². The zero-order valence-electron chi connectivity index (χ0n) is 13.4. The van der Waals surface area contributed by atoms with Gasteiger partial charge in [-0.15, -0.1) is 0 Å². The van der Waals surface area contributed by atoms with Crippen LogP contribution in [0.3, 0.4) is 0 Å². The van der Waals surface area contributed by atoms with Gasteiger partial charge in [0, 0.05) is 12.8 Å². The molecule has 4 heteroatoms. The zero-order valence-corrected chi connectivity index (χ0v) is 14.3. The molecule has 1 aliphatic rings. The summed E-state index contributed by atoms with van der Waals surface area (Å²) in [4.78, 5) is 2.66. The average Bonchev–Trinajstić information content (AvgIpc) is 2.54. The number of allylic oxidation sites excluding steroid dienone is 1. The molecule has 0 aromatic heterocycles. The summed E-state index contributed by atoms with van der Waals surface area (Å²) < 4.78 is 23.8. The van der Waals surface area contributed by atoms with Gasteiger partial charge in [0.05, 0.1) is 10.9 Å². The number of fused-ring (bicyclic) bond motifs is 1. The topological polar surface area (TPSA) is 37.4 Å². The molecule has 1 heterocycles. The molecule has 3 nitrogen and oxygen atoms in total. The number of benzene rings is 2. The van der Waals surface area contributed by atoms with Crippen molar-refractivity contribution in [2.75, 3.05) is 12.8 Å². The Morgan fingerprint density at radius 3 is 2.65 bits per heavy atom. The third kappa shape index (κ3) is 3.17. The number of sulfone groups is 1. The highest BCUT2D eigenvalue weighted by Crippen LogP contribution is 2.35. The summed E-state index contributed by atoms with van der Waals surface area (Å²) in [7, 11) is -3.21. The van der Waals surface area contributed by atoms with Gasteiger partial charge in [-0.1, -0.05) is 42.5 Å². The van der Waals surface area contributed by atoms with Crippen LogP contribution >= 0.6 is 0 Å². The Kier molecular flexibility index (Phi) is 4.26. The first-order chi connectivity index (χ1) is 11.0. The van der Waals surface area contributed by atoms with Crippen LogP contribution in [0.5, 0.6) is 0 Å². The minimum absolute atomic E-state index is 0.0536. The van der Waals surface area contributed by atoms with Gasteiger partial charge < -0.3 is 4.90 Å². The number of rotatable bonds is 3. The lowest BCUT2D eigenvalue weighted by atomic mass is 9.88.